The van der Waals surface area contributed by atoms with E-state index in [1.54, 1.807) is 6.07 Å². The molecule has 2 aromatic rings. The fraction of sp³-hybridized carbons (Fsp3) is 0.0833. The van der Waals surface area contributed by atoms with Gasteiger partial charge in [-0.2, -0.15) is 0 Å². The highest BCUT2D eigenvalue weighted by atomic mass is 19.4. The lowest BCUT2D eigenvalue weighted by atomic mass is 10.3. The van der Waals surface area contributed by atoms with E-state index in [4.69, 9.17) is 10.5 Å². The molecule has 0 saturated carbocycles. The van der Waals surface area contributed by atoms with E-state index in [2.05, 4.69) is 9.72 Å². The van der Waals surface area contributed by atoms with Crippen molar-refractivity contribution in [3.8, 4) is 17.2 Å². The fourth-order valence-corrected chi connectivity index (χ4v) is 1.34. The normalized spacial score (nSPS) is 11.1. The minimum atomic E-state index is -4.71. The zero-order valence-electron chi connectivity index (χ0n) is 9.52. The lowest BCUT2D eigenvalue weighted by Gasteiger charge is -2.10. The summed E-state index contributed by atoms with van der Waals surface area (Å²) in [4.78, 5) is 3.82. The van der Waals surface area contributed by atoms with Crippen LogP contribution in [0.25, 0.3) is 0 Å². The van der Waals surface area contributed by atoms with E-state index < -0.39 is 6.36 Å². The average Bonchev–Trinajstić information content (AvgIpc) is 2.30. The van der Waals surface area contributed by atoms with Gasteiger partial charge in [-0.1, -0.05) is 0 Å². The van der Waals surface area contributed by atoms with Gasteiger partial charge in [-0.3, -0.25) is 4.98 Å². The number of ether oxygens (including phenoxy) is 2. The van der Waals surface area contributed by atoms with Crippen LogP contribution in [0, 0.1) is 0 Å². The molecule has 1 heterocycles. The molecule has 0 atom stereocenters. The molecule has 4 nitrogen and oxygen atoms in total. The number of nitrogens with zero attached hydrogens (tertiary/aromatic N) is 1. The standard InChI is InChI=1S/C12H9F3N2O2/c13-12(14,15)19-10-3-1-9(2-4-10)18-11-5-8(16)6-17-7-11/h1-7H,16H2. The molecule has 0 radical (unpaired) electrons. The van der Waals surface area contributed by atoms with Gasteiger partial charge in [-0.25, -0.2) is 0 Å². The van der Waals surface area contributed by atoms with Crippen LogP contribution in [0.1, 0.15) is 0 Å². The van der Waals surface area contributed by atoms with Crippen LogP contribution in [0.4, 0.5) is 18.9 Å². The summed E-state index contributed by atoms with van der Waals surface area (Å²) in [6.45, 7) is 0. The van der Waals surface area contributed by atoms with E-state index >= 15 is 0 Å². The number of hydrogen-bond acceptors (Lipinski definition) is 4. The number of nitrogens with two attached hydrogens (primary N) is 1. The van der Waals surface area contributed by atoms with E-state index in [-0.39, 0.29) is 5.75 Å². The molecule has 0 aliphatic carbocycles. The van der Waals surface area contributed by atoms with Crippen molar-refractivity contribution in [1.29, 1.82) is 0 Å². The van der Waals surface area contributed by atoms with Crippen LogP contribution in [-0.4, -0.2) is 11.3 Å². The molecule has 100 valence electrons. The van der Waals surface area contributed by atoms with Crippen molar-refractivity contribution < 1.29 is 22.6 Å². The Morgan fingerprint density at radius 2 is 1.58 bits per heavy atom. The fourth-order valence-electron chi connectivity index (χ4n) is 1.34. The number of halogens is 3. The molecular formula is C12H9F3N2O2. The van der Waals surface area contributed by atoms with Gasteiger partial charge in [-0.15, -0.1) is 13.2 Å². The molecule has 0 aliphatic rings. The van der Waals surface area contributed by atoms with Crippen LogP contribution in [-0.2, 0) is 0 Å². The second kappa shape index (κ2) is 5.05. The van der Waals surface area contributed by atoms with Gasteiger partial charge < -0.3 is 15.2 Å². The minimum Gasteiger partial charge on any atom is -0.456 e. The SMILES string of the molecule is Nc1cncc(Oc2ccc(OC(F)(F)F)cc2)c1. The third kappa shape index (κ3) is 4.06. The number of nitrogen functional groups attached to an aromatic ring is 1. The number of hydrogen-bond donors (Lipinski definition) is 1. The van der Waals surface area contributed by atoms with E-state index in [9.17, 15) is 13.2 Å². The number of anilines is 1. The number of rotatable bonds is 3. The first-order valence-corrected chi connectivity index (χ1v) is 5.16. The lowest BCUT2D eigenvalue weighted by Crippen LogP contribution is -2.16. The lowest BCUT2D eigenvalue weighted by molar-refractivity contribution is -0.274. The molecular weight excluding hydrogens is 261 g/mol. The summed E-state index contributed by atoms with van der Waals surface area (Å²) in [5.41, 5.74) is 5.94. The van der Waals surface area contributed by atoms with Gasteiger partial charge >= 0.3 is 6.36 Å². The van der Waals surface area contributed by atoms with E-state index in [1.807, 2.05) is 0 Å². The maximum absolute atomic E-state index is 12.0. The molecule has 0 fully saturated rings. The molecule has 19 heavy (non-hydrogen) atoms. The Hall–Kier alpha value is -2.44. The first kappa shape index (κ1) is 13.0. The second-order valence-electron chi connectivity index (χ2n) is 3.58. The molecule has 0 bridgehead atoms. The van der Waals surface area contributed by atoms with Gasteiger partial charge in [0, 0.05) is 6.07 Å². The number of alkyl halides is 3. The van der Waals surface area contributed by atoms with Crippen LogP contribution < -0.4 is 15.2 Å². The smallest absolute Gasteiger partial charge is 0.456 e. The molecule has 2 rings (SSSR count). The Bertz CT molecular complexity index is 556. The molecule has 1 aromatic carbocycles. The third-order valence-corrected chi connectivity index (χ3v) is 2.03. The van der Waals surface area contributed by atoms with Crippen LogP contribution >= 0.6 is 0 Å². The Balaban J connectivity index is 2.07. The summed E-state index contributed by atoms with van der Waals surface area (Å²) in [6, 6.07) is 6.56. The van der Waals surface area contributed by atoms with Crippen molar-refractivity contribution in [2.45, 2.75) is 6.36 Å². The highest BCUT2D eigenvalue weighted by Gasteiger charge is 2.30. The summed E-state index contributed by atoms with van der Waals surface area (Å²) in [6.07, 6.45) is -1.82. The number of aromatic nitrogens is 1. The summed E-state index contributed by atoms with van der Waals surface area (Å²) in [5, 5.41) is 0. The third-order valence-electron chi connectivity index (χ3n) is 2.03. The van der Waals surface area contributed by atoms with Gasteiger partial charge in [-0.05, 0) is 24.3 Å². The first-order valence-electron chi connectivity index (χ1n) is 5.16. The van der Waals surface area contributed by atoms with Gasteiger partial charge in [0.25, 0.3) is 0 Å². The Kier molecular flexibility index (Phi) is 3.46. The Labute approximate surface area is 106 Å². The zero-order chi connectivity index (χ0) is 13.9. The average molecular weight is 270 g/mol. The van der Waals surface area contributed by atoms with Crippen molar-refractivity contribution in [2.75, 3.05) is 5.73 Å². The molecule has 0 saturated heterocycles. The molecule has 0 amide bonds. The second-order valence-corrected chi connectivity index (χ2v) is 3.58. The van der Waals surface area contributed by atoms with Crippen LogP contribution in [0.15, 0.2) is 42.7 Å². The van der Waals surface area contributed by atoms with Crippen molar-refractivity contribution in [3.63, 3.8) is 0 Å². The molecule has 0 aliphatic heterocycles. The van der Waals surface area contributed by atoms with E-state index in [0.717, 1.165) is 12.1 Å². The highest BCUT2D eigenvalue weighted by molar-refractivity contribution is 5.42. The van der Waals surface area contributed by atoms with Crippen molar-refractivity contribution in [2.24, 2.45) is 0 Å². The molecule has 2 N–H and O–H groups in total. The predicted molar refractivity (Wildman–Crippen MR) is 61.8 cm³/mol. The Morgan fingerprint density at radius 1 is 0.947 bits per heavy atom. The van der Waals surface area contributed by atoms with Crippen LogP contribution in [0.2, 0.25) is 0 Å². The summed E-state index contributed by atoms with van der Waals surface area (Å²) in [5.74, 6) is 0.428. The van der Waals surface area contributed by atoms with Crippen molar-refractivity contribution in [1.82, 2.24) is 4.98 Å². The van der Waals surface area contributed by atoms with Crippen LogP contribution in [0.5, 0.6) is 17.2 Å². The van der Waals surface area contributed by atoms with Gasteiger partial charge in [0.2, 0.25) is 0 Å². The first-order chi connectivity index (χ1) is 8.92. The monoisotopic (exact) mass is 270 g/mol. The Morgan fingerprint density at radius 3 is 2.16 bits per heavy atom. The summed E-state index contributed by atoms with van der Waals surface area (Å²) >= 11 is 0. The largest absolute Gasteiger partial charge is 0.573 e. The summed E-state index contributed by atoms with van der Waals surface area (Å²) < 4.78 is 45.0. The van der Waals surface area contributed by atoms with Crippen LogP contribution in [0.3, 0.4) is 0 Å². The molecule has 1 aromatic heterocycles. The maximum Gasteiger partial charge on any atom is 0.573 e. The van der Waals surface area contributed by atoms with Crippen molar-refractivity contribution >= 4 is 5.69 Å². The van der Waals surface area contributed by atoms with Crippen molar-refractivity contribution in [3.05, 3.63) is 42.7 Å². The van der Waals surface area contributed by atoms with Gasteiger partial charge in [0.15, 0.2) is 0 Å². The topological polar surface area (TPSA) is 57.4 Å². The maximum atomic E-state index is 12.0. The molecule has 7 heteroatoms. The van der Waals surface area contributed by atoms with Gasteiger partial charge in [0.1, 0.15) is 17.2 Å². The van der Waals surface area contributed by atoms with E-state index in [1.165, 1.54) is 24.5 Å². The number of benzene rings is 1. The number of pyridine rings is 1. The molecule has 0 spiro atoms. The predicted octanol–water partition coefficient (Wildman–Crippen LogP) is 3.35. The summed E-state index contributed by atoms with van der Waals surface area (Å²) in [7, 11) is 0. The van der Waals surface area contributed by atoms with E-state index in [0.29, 0.717) is 17.2 Å². The van der Waals surface area contributed by atoms with Gasteiger partial charge in [0.05, 0.1) is 18.1 Å². The molecule has 0 unspecified atom stereocenters. The highest BCUT2D eigenvalue weighted by Crippen LogP contribution is 2.27. The quantitative estimate of drug-likeness (QED) is 0.929. The zero-order valence-corrected chi connectivity index (χ0v) is 9.52. The minimum absolute atomic E-state index is 0.314.